The summed E-state index contributed by atoms with van der Waals surface area (Å²) < 4.78 is 7.13. The van der Waals surface area contributed by atoms with Gasteiger partial charge in [-0.2, -0.15) is 10.5 Å². The van der Waals surface area contributed by atoms with E-state index >= 15 is 0 Å². The van der Waals surface area contributed by atoms with E-state index in [0.29, 0.717) is 0 Å². The van der Waals surface area contributed by atoms with Crippen molar-refractivity contribution < 1.29 is 4.74 Å². The maximum absolute atomic E-state index is 8.66. The molecule has 0 atom stereocenters. The fraction of sp³-hybridized carbons (Fsp3) is 0.0909. The molecule has 80 valence electrons. The molecule has 0 heterocycles. The molecule has 0 bridgehead atoms. The van der Waals surface area contributed by atoms with Crippen LogP contribution in [0.4, 0.5) is 0 Å². The van der Waals surface area contributed by atoms with Crippen molar-refractivity contribution >= 4 is 51.3 Å². The molecule has 0 amide bonds. The number of benzene rings is 1. The Morgan fingerprint density at radius 1 is 1.25 bits per heavy atom. The zero-order chi connectivity index (χ0) is 12.1. The Kier molecular flexibility index (Phi) is 5.03. The largest absolute Gasteiger partial charge is 0.495 e. The molecule has 0 N–H and O–H groups in total. The molecule has 0 aliphatic rings. The molecule has 0 unspecified atom stereocenters. The summed E-state index contributed by atoms with van der Waals surface area (Å²) in [5.41, 5.74) is 0.921. The van der Waals surface area contributed by atoms with Crippen LogP contribution in [0.3, 0.4) is 0 Å². The fourth-order valence-electron chi connectivity index (χ4n) is 1.11. The molecule has 0 fully saturated rings. The van der Waals surface area contributed by atoms with Crippen molar-refractivity contribution in [1.29, 1.82) is 10.5 Å². The Morgan fingerprint density at radius 2 is 1.75 bits per heavy atom. The average Bonchev–Trinajstić information content (AvgIpc) is 2.25. The summed E-state index contributed by atoms with van der Waals surface area (Å²) in [5, 5.41) is 17.3. The summed E-state index contributed by atoms with van der Waals surface area (Å²) in [7, 11) is 1.62. The van der Waals surface area contributed by atoms with E-state index in [0.717, 1.165) is 18.5 Å². The van der Waals surface area contributed by atoms with Gasteiger partial charge in [0.05, 0.1) is 14.3 Å². The topological polar surface area (TPSA) is 56.8 Å². The standard InChI is InChI=1S/C11H6I2N2O/c1-16-11-9(12)3-7(4-10(11)13)2-8(5-14)6-15/h2-4H,1H3. The average molecular weight is 436 g/mol. The lowest BCUT2D eigenvalue weighted by Gasteiger charge is -2.06. The summed E-state index contributed by atoms with van der Waals surface area (Å²) in [4.78, 5) is 0. The van der Waals surface area contributed by atoms with Gasteiger partial charge < -0.3 is 4.74 Å². The molecule has 0 aliphatic carbocycles. The van der Waals surface area contributed by atoms with E-state index in [1.807, 2.05) is 24.3 Å². The summed E-state index contributed by atoms with van der Waals surface area (Å²) in [6.45, 7) is 0. The normalized spacial score (nSPS) is 8.81. The van der Waals surface area contributed by atoms with E-state index in [4.69, 9.17) is 15.3 Å². The minimum Gasteiger partial charge on any atom is -0.495 e. The van der Waals surface area contributed by atoms with Crippen molar-refractivity contribution in [2.75, 3.05) is 7.11 Å². The Balaban J connectivity index is 3.27. The van der Waals surface area contributed by atoms with Crippen LogP contribution < -0.4 is 4.74 Å². The Labute approximate surface area is 121 Å². The molecule has 0 saturated heterocycles. The van der Waals surface area contributed by atoms with Crippen LogP contribution >= 0.6 is 45.2 Å². The van der Waals surface area contributed by atoms with Gasteiger partial charge in [0.2, 0.25) is 0 Å². The summed E-state index contributed by atoms with van der Waals surface area (Å²) in [6.07, 6.45) is 1.56. The Morgan fingerprint density at radius 3 is 2.12 bits per heavy atom. The zero-order valence-electron chi connectivity index (χ0n) is 8.29. The molecule has 16 heavy (non-hydrogen) atoms. The third kappa shape index (κ3) is 3.09. The Hall–Kier alpha value is -0.800. The quantitative estimate of drug-likeness (QED) is 0.528. The van der Waals surface area contributed by atoms with Crippen molar-refractivity contribution in [2.24, 2.45) is 0 Å². The van der Waals surface area contributed by atoms with Crippen molar-refractivity contribution in [3.8, 4) is 17.9 Å². The minimum absolute atomic E-state index is 0.0942. The van der Waals surface area contributed by atoms with Gasteiger partial charge in [-0.3, -0.25) is 0 Å². The molecule has 0 radical (unpaired) electrons. The number of hydrogen-bond donors (Lipinski definition) is 0. The van der Waals surface area contributed by atoms with E-state index in [2.05, 4.69) is 45.2 Å². The van der Waals surface area contributed by atoms with Crippen LogP contribution in [0.5, 0.6) is 5.75 Å². The molecule has 5 heteroatoms. The predicted octanol–water partition coefficient (Wildman–Crippen LogP) is 3.33. The van der Waals surface area contributed by atoms with E-state index in [1.165, 1.54) is 0 Å². The van der Waals surface area contributed by atoms with Crippen LogP contribution in [0.25, 0.3) is 6.08 Å². The van der Waals surface area contributed by atoms with E-state index in [-0.39, 0.29) is 5.57 Å². The number of halogens is 2. The van der Waals surface area contributed by atoms with Gasteiger partial charge >= 0.3 is 0 Å². The van der Waals surface area contributed by atoms with Gasteiger partial charge in [0.1, 0.15) is 23.5 Å². The van der Waals surface area contributed by atoms with Crippen LogP contribution in [0.2, 0.25) is 0 Å². The molecule has 1 aromatic carbocycles. The molecule has 1 rings (SSSR count). The van der Waals surface area contributed by atoms with Crippen LogP contribution in [0, 0.1) is 29.8 Å². The lowest BCUT2D eigenvalue weighted by atomic mass is 10.1. The summed E-state index contributed by atoms with van der Waals surface area (Å²) >= 11 is 4.32. The second-order valence-corrected chi connectivity index (χ2v) is 5.12. The third-order valence-electron chi connectivity index (χ3n) is 1.78. The van der Waals surface area contributed by atoms with Crippen LogP contribution in [-0.4, -0.2) is 7.11 Å². The first-order valence-corrected chi connectivity index (χ1v) is 6.33. The number of nitrogens with zero attached hydrogens (tertiary/aromatic N) is 2. The number of rotatable bonds is 2. The first-order chi connectivity index (χ1) is 7.62. The molecule has 3 nitrogen and oxygen atoms in total. The molecule has 0 spiro atoms. The van der Waals surface area contributed by atoms with Gasteiger partial charge in [0.25, 0.3) is 0 Å². The molecule has 0 saturated carbocycles. The highest BCUT2D eigenvalue weighted by molar-refractivity contribution is 14.1. The van der Waals surface area contributed by atoms with Crippen LogP contribution in [0.15, 0.2) is 17.7 Å². The third-order valence-corrected chi connectivity index (χ3v) is 3.38. The van der Waals surface area contributed by atoms with Crippen LogP contribution in [-0.2, 0) is 0 Å². The first kappa shape index (κ1) is 13.3. The van der Waals surface area contributed by atoms with Crippen molar-refractivity contribution in [3.05, 3.63) is 30.4 Å². The monoisotopic (exact) mass is 436 g/mol. The predicted molar refractivity (Wildman–Crippen MR) is 77.6 cm³/mol. The lowest BCUT2D eigenvalue weighted by Crippen LogP contribution is -1.91. The fourth-order valence-corrected chi connectivity index (χ4v) is 3.37. The van der Waals surface area contributed by atoms with E-state index < -0.39 is 0 Å². The highest BCUT2D eigenvalue weighted by Gasteiger charge is 2.07. The van der Waals surface area contributed by atoms with Crippen LogP contribution in [0.1, 0.15) is 5.56 Å². The zero-order valence-corrected chi connectivity index (χ0v) is 12.6. The SMILES string of the molecule is COc1c(I)cc(C=C(C#N)C#N)cc1I. The summed E-state index contributed by atoms with van der Waals surface area (Å²) in [5.74, 6) is 0.814. The van der Waals surface area contributed by atoms with Gasteiger partial charge in [-0.25, -0.2) is 0 Å². The second kappa shape index (κ2) is 6.06. The molecular formula is C11H6I2N2O. The van der Waals surface area contributed by atoms with Gasteiger partial charge in [-0.15, -0.1) is 0 Å². The maximum Gasteiger partial charge on any atom is 0.145 e. The highest BCUT2D eigenvalue weighted by atomic mass is 127. The summed E-state index contributed by atoms with van der Waals surface area (Å²) in [6, 6.07) is 7.41. The van der Waals surface area contributed by atoms with Crippen molar-refractivity contribution in [2.45, 2.75) is 0 Å². The van der Waals surface area contributed by atoms with Gasteiger partial charge in [0.15, 0.2) is 0 Å². The van der Waals surface area contributed by atoms with Crippen molar-refractivity contribution in [3.63, 3.8) is 0 Å². The smallest absolute Gasteiger partial charge is 0.145 e. The number of hydrogen-bond acceptors (Lipinski definition) is 3. The van der Waals surface area contributed by atoms with Gasteiger partial charge in [-0.1, -0.05) is 0 Å². The van der Waals surface area contributed by atoms with Crippen molar-refractivity contribution in [1.82, 2.24) is 0 Å². The van der Waals surface area contributed by atoms with E-state index in [1.54, 1.807) is 13.2 Å². The minimum atomic E-state index is 0.0942. The molecule has 0 aromatic heterocycles. The molecule has 0 aliphatic heterocycles. The number of methoxy groups -OCH3 is 1. The second-order valence-electron chi connectivity index (χ2n) is 2.80. The Bertz CT molecular complexity index is 485. The first-order valence-electron chi connectivity index (χ1n) is 4.17. The number of ether oxygens (including phenoxy) is 1. The van der Waals surface area contributed by atoms with E-state index in [9.17, 15) is 0 Å². The lowest BCUT2D eigenvalue weighted by molar-refractivity contribution is 0.409. The number of allylic oxidation sites excluding steroid dienone is 1. The van der Waals surface area contributed by atoms with Gasteiger partial charge in [-0.05, 0) is 69.0 Å². The molecule has 1 aromatic rings. The van der Waals surface area contributed by atoms with Gasteiger partial charge in [0, 0.05) is 0 Å². The maximum atomic E-state index is 8.66. The highest BCUT2D eigenvalue weighted by Crippen LogP contribution is 2.29. The number of nitriles is 2. The molecular weight excluding hydrogens is 430 g/mol.